The Morgan fingerprint density at radius 2 is 2.05 bits per heavy atom. The normalized spacial score (nSPS) is 11.4. The van der Waals surface area contributed by atoms with E-state index < -0.39 is 0 Å². The third-order valence-electron chi connectivity index (χ3n) is 3.63. The minimum Gasteiger partial charge on any atom is -0.350 e. The maximum atomic E-state index is 13.6. The molecular formula is C16H14FN5. The lowest BCUT2D eigenvalue weighted by Gasteiger charge is -2.03. The lowest BCUT2D eigenvalue weighted by atomic mass is 10.2. The number of imidazole rings is 1. The number of aromatic amines is 1. The summed E-state index contributed by atoms with van der Waals surface area (Å²) in [6, 6.07) is 12.7. The number of anilines is 1. The van der Waals surface area contributed by atoms with Crippen LogP contribution in [0.2, 0.25) is 0 Å². The van der Waals surface area contributed by atoms with E-state index >= 15 is 0 Å². The van der Waals surface area contributed by atoms with E-state index in [1.54, 1.807) is 12.1 Å². The molecule has 110 valence electrons. The number of fused-ring (bicyclic) bond motifs is 3. The maximum Gasteiger partial charge on any atom is 0.253 e. The number of nitrogens with zero attached hydrogens (tertiary/aromatic N) is 3. The van der Waals surface area contributed by atoms with Gasteiger partial charge in [-0.25, -0.2) is 13.9 Å². The average Bonchev–Trinajstić information content (AvgIpc) is 3.03. The molecule has 2 aromatic carbocycles. The number of hydrogen-bond donors (Lipinski definition) is 2. The Balaban J connectivity index is 1.64. The Bertz CT molecular complexity index is 969. The first-order chi connectivity index (χ1) is 10.7. The monoisotopic (exact) mass is 295 g/mol. The van der Waals surface area contributed by atoms with Crippen molar-refractivity contribution in [3.63, 3.8) is 0 Å². The highest BCUT2D eigenvalue weighted by Crippen LogP contribution is 2.18. The molecule has 22 heavy (non-hydrogen) atoms. The fraction of sp³-hybridized carbons (Fsp3) is 0.125. The van der Waals surface area contributed by atoms with E-state index in [9.17, 15) is 4.39 Å². The van der Waals surface area contributed by atoms with Crippen LogP contribution in [0.5, 0.6) is 0 Å². The van der Waals surface area contributed by atoms with E-state index in [-0.39, 0.29) is 5.82 Å². The predicted molar refractivity (Wildman–Crippen MR) is 83.3 cm³/mol. The molecule has 0 fully saturated rings. The second-order valence-corrected chi connectivity index (χ2v) is 5.26. The number of hydrogen-bond acceptors (Lipinski definition) is 3. The lowest BCUT2D eigenvalue weighted by molar-refractivity contribution is 0.612. The zero-order valence-corrected chi connectivity index (χ0v) is 12.0. The van der Waals surface area contributed by atoms with Gasteiger partial charge >= 0.3 is 0 Å². The number of halogens is 1. The zero-order valence-electron chi connectivity index (χ0n) is 12.0. The minimum absolute atomic E-state index is 0.229. The van der Waals surface area contributed by atoms with Crippen LogP contribution in [0.4, 0.5) is 10.3 Å². The number of aromatic nitrogens is 4. The standard InChI is InChI=1S/C16H14FN5/c1-10-6-7-14-13(8-10)19-16-20-15(21-22(14)16)18-9-11-4-2-3-5-12(11)17/h2-8H,9H2,1H3,(H2,18,19,20,21). The van der Waals surface area contributed by atoms with Gasteiger partial charge in [0.1, 0.15) is 5.82 Å². The van der Waals surface area contributed by atoms with Crippen LogP contribution >= 0.6 is 0 Å². The Labute approximate surface area is 125 Å². The van der Waals surface area contributed by atoms with Crippen LogP contribution in [-0.2, 0) is 6.54 Å². The summed E-state index contributed by atoms with van der Waals surface area (Å²) in [6.07, 6.45) is 0. The van der Waals surface area contributed by atoms with Gasteiger partial charge in [0.2, 0.25) is 5.95 Å². The molecule has 2 N–H and O–H groups in total. The third kappa shape index (κ3) is 2.09. The molecule has 0 unspecified atom stereocenters. The first-order valence-electron chi connectivity index (χ1n) is 7.03. The smallest absolute Gasteiger partial charge is 0.253 e. The van der Waals surface area contributed by atoms with Crippen molar-refractivity contribution in [1.82, 2.24) is 19.6 Å². The Morgan fingerprint density at radius 1 is 1.18 bits per heavy atom. The van der Waals surface area contributed by atoms with Crippen molar-refractivity contribution in [3.05, 3.63) is 59.4 Å². The number of rotatable bonds is 3. The van der Waals surface area contributed by atoms with Crippen molar-refractivity contribution in [1.29, 1.82) is 0 Å². The molecule has 0 bridgehead atoms. The summed E-state index contributed by atoms with van der Waals surface area (Å²) < 4.78 is 15.4. The van der Waals surface area contributed by atoms with Crippen molar-refractivity contribution < 1.29 is 4.39 Å². The summed E-state index contributed by atoms with van der Waals surface area (Å²) in [6.45, 7) is 2.39. The van der Waals surface area contributed by atoms with Gasteiger partial charge in [-0.05, 0) is 30.7 Å². The van der Waals surface area contributed by atoms with Crippen molar-refractivity contribution in [2.45, 2.75) is 13.5 Å². The number of nitrogens with one attached hydrogen (secondary N) is 2. The highest BCUT2D eigenvalue weighted by molar-refractivity contribution is 5.80. The van der Waals surface area contributed by atoms with Gasteiger partial charge in [-0.3, -0.25) is 5.10 Å². The Hall–Kier alpha value is -2.89. The largest absolute Gasteiger partial charge is 0.350 e. The molecule has 6 heteroatoms. The molecule has 2 heterocycles. The van der Waals surface area contributed by atoms with Crippen molar-refractivity contribution in [3.8, 4) is 0 Å². The number of benzene rings is 2. The third-order valence-corrected chi connectivity index (χ3v) is 3.63. The number of aryl methyl sites for hydroxylation is 1. The van der Waals surface area contributed by atoms with Gasteiger partial charge in [0, 0.05) is 12.1 Å². The highest BCUT2D eigenvalue weighted by Gasteiger charge is 2.10. The first kappa shape index (κ1) is 12.8. The molecule has 2 aromatic heterocycles. The van der Waals surface area contributed by atoms with E-state index in [0.717, 1.165) is 16.6 Å². The fourth-order valence-electron chi connectivity index (χ4n) is 2.49. The summed E-state index contributed by atoms with van der Waals surface area (Å²) in [5.41, 5.74) is 3.62. The van der Waals surface area contributed by atoms with Gasteiger partial charge in [0.05, 0.1) is 11.0 Å². The summed E-state index contributed by atoms with van der Waals surface area (Å²) in [7, 11) is 0. The van der Waals surface area contributed by atoms with Crippen LogP contribution < -0.4 is 5.32 Å². The van der Waals surface area contributed by atoms with Gasteiger partial charge in [0.15, 0.2) is 0 Å². The van der Waals surface area contributed by atoms with Crippen LogP contribution in [0.3, 0.4) is 0 Å². The first-order valence-corrected chi connectivity index (χ1v) is 7.03. The molecule has 0 radical (unpaired) electrons. The minimum atomic E-state index is -0.229. The van der Waals surface area contributed by atoms with Gasteiger partial charge in [-0.1, -0.05) is 24.3 Å². The summed E-state index contributed by atoms with van der Waals surface area (Å²) in [5, 5.41) is 6.22. The van der Waals surface area contributed by atoms with Crippen molar-refractivity contribution in [2.24, 2.45) is 0 Å². The van der Waals surface area contributed by atoms with E-state index in [4.69, 9.17) is 0 Å². The Morgan fingerprint density at radius 3 is 2.91 bits per heavy atom. The Kier molecular flexibility index (Phi) is 2.82. The van der Waals surface area contributed by atoms with Gasteiger partial charge < -0.3 is 5.32 Å². The lowest BCUT2D eigenvalue weighted by Crippen LogP contribution is -2.03. The van der Waals surface area contributed by atoms with Crippen LogP contribution in [0.1, 0.15) is 11.1 Å². The molecule has 0 amide bonds. The van der Waals surface area contributed by atoms with Crippen LogP contribution in [0, 0.1) is 12.7 Å². The topological polar surface area (TPSA) is 58.0 Å². The molecule has 4 aromatic rings. The van der Waals surface area contributed by atoms with E-state index in [0.29, 0.717) is 23.8 Å². The molecular weight excluding hydrogens is 281 g/mol. The predicted octanol–water partition coefficient (Wildman–Crippen LogP) is 3.27. The van der Waals surface area contributed by atoms with Gasteiger partial charge in [-0.15, -0.1) is 0 Å². The molecule has 0 spiro atoms. The quantitative estimate of drug-likeness (QED) is 0.610. The number of H-pyrrole nitrogens is 1. The van der Waals surface area contributed by atoms with E-state index in [2.05, 4.69) is 20.4 Å². The van der Waals surface area contributed by atoms with Gasteiger partial charge in [-0.2, -0.15) is 4.98 Å². The molecule has 4 rings (SSSR count). The molecule has 0 aliphatic heterocycles. The molecule has 0 aliphatic rings. The van der Waals surface area contributed by atoms with Crippen molar-refractivity contribution in [2.75, 3.05) is 5.32 Å². The molecule has 5 nitrogen and oxygen atoms in total. The zero-order chi connectivity index (χ0) is 15.1. The highest BCUT2D eigenvalue weighted by atomic mass is 19.1. The summed E-state index contributed by atoms with van der Waals surface area (Å²) >= 11 is 0. The molecule has 0 atom stereocenters. The second kappa shape index (κ2) is 4.84. The van der Waals surface area contributed by atoms with Gasteiger partial charge in [0.25, 0.3) is 5.78 Å². The second-order valence-electron chi connectivity index (χ2n) is 5.26. The SMILES string of the molecule is Cc1ccc2c(c1)nc1nc(NCc3ccccc3F)[nH]n12. The van der Waals surface area contributed by atoms with Crippen molar-refractivity contribution >= 4 is 22.8 Å². The summed E-state index contributed by atoms with van der Waals surface area (Å²) in [5.74, 6) is 0.928. The van der Waals surface area contributed by atoms with E-state index in [1.807, 2.05) is 35.7 Å². The molecule has 0 saturated carbocycles. The maximum absolute atomic E-state index is 13.6. The average molecular weight is 295 g/mol. The summed E-state index contributed by atoms with van der Waals surface area (Å²) in [4.78, 5) is 8.86. The fourth-order valence-corrected chi connectivity index (χ4v) is 2.49. The van der Waals surface area contributed by atoms with Crippen LogP contribution in [-0.4, -0.2) is 19.6 Å². The van der Waals surface area contributed by atoms with E-state index in [1.165, 1.54) is 6.07 Å². The molecule has 0 saturated heterocycles. The molecule has 0 aliphatic carbocycles. The van der Waals surface area contributed by atoms with Crippen LogP contribution in [0.25, 0.3) is 16.8 Å². The van der Waals surface area contributed by atoms with Crippen LogP contribution in [0.15, 0.2) is 42.5 Å².